The van der Waals surface area contributed by atoms with Crippen LogP contribution >= 0.6 is 0 Å². The number of benzene rings is 1. The third kappa shape index (κ3) is 3.35. The van der Waals surface area contributed by atoms with Crippen LogP contribution in [0.5, 0.6) is 0 Å². The monoisotopic (exact) mass is 220 g/mol. The van der Waals surface area contributed by atoms with E-state index in [-0.39, 0.29) is 5.91 Å². The van der Waals surface area contributed by atoms with Gasteiger partial charge in [0.25, 0.3) is 5.91 Å². The summed E-state index contributed by atoms with van der Waals surface area (Å²) in [5.74, 6) is 0.0697. The summed E-state index contributed by atoms with van der Waals surface area (Å²) >= 11 is 0. The minimum Gasteiger partial charge on any atom is -0.342 e. The smallest absolute Gasteiger partial charge is 0.253 e. The molecule has 0 aliphatic carbocycles. The number of carbonyl (C=O) groups is 1. The van der Waals surface area contributed by atoms with Gasteiger partial charge in [-0.3, -0.25) is 4.79 Å². The Morgan fingerprint density at radius 3 is 2.31 bits per heavy atom. The summed E-state index contributed by atoms with van der Waals surface area (Å²) in [6, 6.07) is 5.92. The van der Waals surface area contributed by atoms with Crippen molar-refractivity contribution in [2.75, 3.05) is 20.1 Å². The molecule has 0 aliphatic heterocycles. The Kier molecular flexibility index (Phi) is 4.50. The Hall–Kier alpha value is -1.35. The Labute approximate surface area is 97.2 Å². The molecule has 0 atom stereocenters. The van der Waals surface area contributed by atoms with E-state index in [2.05, 4.69) is 6.07 Å². The van der Waals surface area contributed by atoms with Gasteiger partial charge in [0.15, 0.2) is 0 Å². The van der Waals surface area contributed by atoms with E-state index in [1.165, 1.54) is 0 Å². The van der Waals surface area contributed by atoms with Crippen LogP contribution in [0.3, 0.4) is 0 Å². The molecule has 1 aromatic rings. The lowest BCUT2D eigenvalue weighted by atomic mass is 10.1. The fourth-order valence-corrected chi connectivity index (χ4v) is 1.75. The van der Waals surface area contributed by atoms with Gasteiger partial charge in [-0.2, -0.15) is 0 Å². The molecule has 0 bridgehead atoms. The van der Waals surface area contributed by atoms with Crippen molar-refractivity contribution >= 4 is 5.91 Å². The number of hydrogen-bond donors (Lipinski definition) is 1. The molecule has 0 heterocycles. The van der Waals surface area contributed by atoms with Gasteiger partial charge in [-0.1, -0.05) is 17.2 Å². The molecule has 16 heavy (non-hydrogen) atoms. The van der Waals surface area contributed by atoms with Crippen LogP contribution in [0, 0.1) is 13.8 Å². The highest BCUT2D eigenvalue weighted by atomic mass is 16.2. The Balaban J connectivity index is 2.79. The zero-order valence-corrected chi connectivity index (χ0v) is 10.3. The van der Waals surface area contributed by atoms with Gasteiger partial charge in [-0.25, -0.2) is 0 Å². The zero-order chi connectivity index (χ0) is 12.1. The van der Waals surface area contributed by atoms with Crippen LogP contribution in [-0.2, 0) is 0 Å². The highest BCUT2D eigenvalue weighted by molar-refractivity contribution is 5.94. The van der Waals surface area contributed by atoms with Crippen molar-refractivity contribution < 1.29 is 4.79 Å². The maximum atomic E-state index is 12.0. The van der Waals surface area contributed by atoms with Crippen LogP contribution in [-0.4, -0.2) is 30.9 Å². The lowest BCUT2D eigenvalue weighted by Crippen LogP contribution is -2.29. The summed E-state index contributed by atoms with van der Waals surface area (Å²) < 4.78 is 0. The first-order valence-corrected chi connectivity index (χ1v) is 5.58. The number of amides is 1. The van der Waals surface area contributed by atoms with Crippen molar-refractivity contribution in [3.63, 3.8) is 0 Å². The second-order valence-electron chi connectivity index (χ2n) is 4.25. The van der Waals surface area contributed by atoms with E-state index in [4.69, 9.17) is 5.73 Å². The number of hydrogen-bond acceptors (Lipinski definition) is 2. The molecule has 0 spiro atoms. The van der Waals surface area contributed by atoms with Gasteiger partial charge in [0.05, 0.1) is 0 Å². The van der Waals surface area contributed by atoms with Gasteiger partial charge in [0, 0.05) is 19.2 Å². The fourth-order valence-electron chi connectivity index (χ4n) is 1.75. The topological polar surface area (TPSA) is 46.3 Å². The first kappa shape index (κ1) is 12.7. The molecule has 0 saturated heterocycles. The predicted octanol–water partition coefficient (Wildman–Crippen LogP) is 1.72. The first-order chi connectivity index (χ1) is 7.54. The highest BCUT2D eigenvalue weighted by Gasteiger charge is 2.11. The average molecular weight is 220 g/mol. The number of aryl methyl sites for hydroxylation is 2. The van der Waals surface area contributed by atoms with Gasteiger partial charge in [-0.15, -0.1) is 0 Å². The largest absolute Gasteiger partial charge is 0.342 e. The number of carbonyl (C=O) groups excluding carboxylic acids is 1. The van der Waals surface area contributed by atoms with Crippen LogP contribution in [0.25, 0.3) is 0 Å². The summed E-state index contributed by atoms with van der Waals surface area (Å²) in [5, 5.41) is 0. The van der Waals surface area contributed by atoms with Crippen LogP contribution in [0.15, 0.2) is 18.2 Å². The summed E-state index contributed by atoms with van der Waals surface area (Å²) in [7, 11) is 1.82. The van der Waals surface area contributed by atoms with E-state index >= 15 is 0 Å². The normalized spacial score (nSPS) is 10.2. The van der Waals surface area contributed by atoms with Crippen molar-refractivity contribution in [1.82, 2.24) is 4.90 Å². The number of rotatable bonds is 4. The van der Waals surface area contributed by atoms with Crippen molar-refractivity contribution in [3.8, 4) is 0 Å². The molecule has 0 aliphatic rings. The predicted molar refractivity (Wildman–Crippen MR) is 66.5 cm³/mol. The van der Waals surface area contributed by atoms with Crippen LogP contribution < -0.4 is 5.73 Å². The molecule has 0 fully saturated rings. The van der Waals surface area contributed by atoms with Crippen LogP contribution in [0.2, 0.25) is 0 Å². The Bertz CT molecular complexity index is 354. The number of nitrogens with two attached hydrogens (primary N) is 1. The van der Waals surface area contributed by atoms with Crippen molar-refractivity contribution in [2.45, 2.75) is 20.3 Å². The Morgan fingerprint density at radius 1 is 1.25 bits per heavy atom. The van der Waals surface area contributed by atoms with E-state index in [0.717, 1.165) is 23.1 Å². The van der Waals surface area contributed by atoms with E-state index in [1.807, 2.05) is 33.0 Å². The molecule has 1 rings (SSSR count). The molecule has 88 valence electrons. The molecule has 1 aromatic carbocycles. The third-order valence-corrected chi connectivity index (χ3v) is 2.51. The van der Waals surface area contributed by atoms with E-state index in [1.54, 1.807) is 4.90 Å². The van der Waals surface area contributed by atoms with Gasteiger partial charge >= 0.3 is 0 Å². The quantitative estimate of drug-likeness (QED) is 0.840. The number of nitrogens with zero attached hydrogens (tertiary/aromatic N) is 1. The van der Waals surface area contributed by atoms with Gasteiger partial charge in [-0.05, 0) is 38.9 Å². The maximum Gasteiger partial charge on any atom is 0.253 e. The first-order valence-electron chi connectivity index (χ1n) is 5.58. The standard InChI is InChI=1S/C13H20N2O/c1-10-7-11(2)9-12(8-10)13(16)15(3)6-4-5-14/h7-9H,4-6,14H2,1-3H3. The minimum atomic E-state index is 0.0697. The molecule has 0 radical (unpaired) electrons. The van der Waals surface area contributed by atoms with Gasteiger partial charge in [0.1, 0.15) is 0 Å². The summed E-state index contributed by atoms with van der Waals surface area (Å²) in [5.41, 5.74) is 8.43. The fraction of sp³-hybridized carbons (Fsp3) is 0.462. The molecule has 0 saturated carbocycles. The van der Waals surface area contributed by atoms with Crippen LogP contribution in [0.4, 0.5) is 0 Å². The Morgan fingerprint density at radius 2 is 1.81 bits per heavy atom. The minimum absolute atomic E-state index is 0.0697. The van der Waals surface area contributed by atoms with E-state index in [0.29, 0.717) is 13.1 Å². The van der Waals surface area contributed by atoms with Gasteiger partial charge < -0.3 is 10.6 Å². The molecular weight excluding hydrogens is 200 g/mol. The van der Waals surface area contributed by atoms with Crippen molar-refractivity contribution in [2.24, 2.45) is 5.73 Å². The second kappa shape index (κ2) is 5.66. The lowest BCUT2D eigenvalue weighted by Gasteiger charge is -2.17. The van der Waals surface area contributed by atoms with Crippen molar-refractivity contribution in [1.29, 1.82) is 0 Å². The third-order valence-electron chi connectivity index (χ3n) is 2.51. The van der Waals surface area contributed by atoms with Crippen LogP contribution in [0.1, 0.15) is 27.9 Å². The lowest BCUT2D eigenvalue weighted by molar-refractivity contribution is 0.0794. The molecule has 2 N–H and O–H groups in total. The molecule has 3 nitrogen and oxygen atoms in total. The SMILES string of the molecule is Cc1cc(C)cc(C(=O)N(C)CCCN)c1. The highest BCUT2D eigenvalue weighted by Crippen LogP contribution is 2.10. The zero-order valence-electron chi connectivity index (χ0n) is 10.3. The molecule has 0 aromatic heterocycles. The summed E-state index contributed by atoms with van der Waals surface area (Å²) in [6.07, 6.45) is 0.840. The summed E-state index contributed by atoms with van der Waals surface area (Å²) in [6.45, 7) is 5.33. The van der Waals surface area contributed by atoms with E-state index < -0.39 is 0 Å². The van der Waals surface area contributed by atoms with E-state index in [9.17, 15) is 4.79 Å². The molecule has 0 unspecified atom stereocenters. The second-order valence-corrected chi connectivity index (χ2v) is 4.25. The maximum absolute atomic E-state index is 12.0. The molecule has 1 amide bonds. The average Bonchev–Trinajstić information content (AvgIpc) is 2.23. The van der Waals surface area contributed by atoms with Gasteiger partial charge in [0.2, 0.25) is 0 Å². The molecular formula is C13H20N2O. The summed E-state index contributed by atoms with van der Waals surface area (Å²) in [4.78, 5) is 13.8. The van der Waals surface area contributed by atoms with Crippen molar-refractivity contribution in [3.05, 3.63) is 34.9 Å². The molecule has 3 heteroatoms.